The number of rotatable bonds is 2. The summed E-state index contributed by atoms with van der Waals surface area (Å²) in [7, 11) is 0. The van der Waals surface area contributed by atoms with Gasteiger partial charge in [-0.2, -0.15) is 0 Å². The predicted molar refractivity (Wildman–Crippen MR) is 89.5 cm³/mol. The lowest BCUT2D eigenvalue weighted by molar-refractivity contribution is 0.218. The Morgan fingerprint density at radius 1 is 0.895 bits per heavy atom. The average Bonchev–Trinajstić information content (AvgIpc) is 2.36. The number of hydrogen-bond acceptors (Lipinski definition) is 1. The van der Waals surface area contributed by atoms with Crippen molar-refractivity contribution in [1.82, 2.24) is 0 Å². The molecule has 100 valence electrons. The number of aliphatic hydroxyl groups is 1. The summed E-state index contributed by atoms with van der Waals surface area (Å²) in [5, 5.41) is 10.6. The molecule has 2 aromatic rings. The van der Waals surface area contributed by atoms with Crippen LogP contribution in [-0.2, 0) is 0 Å². The van der Waals surface area contributed by atoms with Crippen molar-refractivity contribution in [3.05, 3.63) is 66.0 Å². The average molecular weight is 449 g/mol. The fourth-order valence-corrected chi connectivity index (χ4v) is 3.44. The molecule has 2 aromatic carbocycles. The van der Waals surface area contributed by atoms with Crippen molar-refractivity contribution in [1.29, 1.82) is 0 Å². The van der Waals surface area contributed by atoms with Crippen molar-refractivity contribution < 1.29 is 5.11 Å². The molecule has 0 aliphatic carbocycles. The van der Waals surface area contributed by atoms with E-state index in [0.717, 1.165) is 35.7 Å². The van der Waals surface area contributed by atoms with Crippen molar-refractivity contribution in [3.8, 4) is 0 Å². The van der Waals surface area contributed by atoms with E-state index in [4.69, 9.17) is 0 Å². The van der Waals surface area contributed by atoms with Crippen molar-refractivity contribution in [2.45, 2.75) is 20.0 Å². The molecular weight excluding hydrogens is 436 g/mol. The number of halogens is 3. The Balaban J connectivity index is 2.53. The van der Waals surface area contributed by atoms with Crippen LogP contribution >= 0.6 is 47.8 Å². The Morgan fingerprint density at radius 3 is 2.26 bits per heavy atom. The van der Waals surface area contributed by atoms with Crippen LogP contribution in [0.4, 0.5) is 0 Å². The highest BCUT2D eigenvalue weighted by Crippen LogP contribution is 2.36. The second kappa shape index (κ2) is 6.08. The van der Waals surface area contributed by atoms with Crippen LogP contribution in [0.1, 0.15) is 28.4 Å². The van der Waals surface area contributed by atoms with Crippen LogP contribution in [0.3, 0.4) is 0 Å². The molecule has 19 heavy (non-hydrogen) atoms. The van der Waals surface area contributed by atoms with Crippen LogP contribution in [-0.4, -0.2) is 5.11 Å². The molecule has 0 aliphatic heterocycles. The minimum absolute atomic E-state index is 0.666. The maximum atomic E-state index is 10.6. The van der Waals surface area contributed by atoms with Crippen LogP contribution in [0.25, 0.3) is 0 Å². The van der Waals surface area contributed by atoms with Crippen molar-refractivity contribution in [2.24, 2.45) is 0 Å². The topological polar surface area (TPSA) is 20.2 Å². The largest absolute Gasteiger partial charge is 0.384 e. The highest BCUT2D eigenvalue weighted by Gasteiger charge is 2.18. The quantitative estimate of drug-likeness (QED) is 0.627. The molecule has 2 rings (SSSR count). The second-order valence-electron chi connectivity index (χ2n) is 4.50. The zero-order chi connectivity index (χ0) is 14.2. The van der Waals surface area contributed by atoms with Gasteiger partial charge in [0.2, 0.25) is 0 Å². The van der Waals surface area contributed by atoms with Crippen LogP contribution in [0, 0.1) is 13.8 Å². The predicted octanol–water partition coefficient (Wildman–Crippen LogP) is 5.67. The molecule has 0 radical (unpaired) electrons. The molecule has 0 saturated carbocycles. The van der Waals surface area contributed by atoms with Gasteiger partial charge in [-0.25, -0.2) is 0 Å². The summed E-state index contributed by atoms with van der Waals surface area (Å²) < 4.78 is 2.86. The second-order valence-corrected chi connectivity index (χ2v) is 7.01. The van der Waals surface area contributed by atoms with Gasteiger partial charge in [-0.3, -0.25) is 0 Å². The zero-order valence-corrected chi connectivity index (χ0v) is 15.3. The lowest BCUT2D eigenvalue weighted by atomic mass is 9.99. The van der Waals surface area contributed by atoms with Crippen LogP contribution in [0.2, 0.25) is 0 Å². The standard InChI is InChI=1S/C15H13Br3O/c1-8-4-3-5-10(14(8)18)15(19)11-7-12(16)9(2)6-13(11)17/h3-7,15,19H,1-2H3. The molecule has 0 spiro atoms. The van der Waals surface area contributed by atoms with Gasteiger partial charge in [0.15, 0.2) is 0 Å². The molecule has 0 amide bonds. The summed E-state index contributed by atoms with van der Waals surface area (Å²) in [6.45, 7) is 4.04. The van der Waals surface area contributed by atoms with Crippen molar-refractivity contribution in [2.75, 3.05) is 0 Å². The summed E-state index contributed by atoms with van der Waals surface area (Å²) >= 11 is 10.6. The SMILES string of the molecule is Cc1cc(Br)c(C(O)c2cccc(C)c2Br)cc1Br. The highest BCUT2D eigenvalue weighted by molar-refractivity contribution is 9.11. The lowest BCUT2D eigenvalue weighted by Crippen LogP contribution is -2.03. The van der Waals surface area contributed by atoms with E-state index < -0.39 is 6.10 Å². The van der Waals surface area contributed by atoms with Crippen molar-refractivity contribution in [3.63, 3.8) is 0 Å². The van der Waals surface area contributed by atoms with E-state index in [1.54, 1.807) is 0 Å². The van der Waals surface area contributed by atoms with Crippen LogP contribution in [0.5, 0.6) is 0 Å². The number of benzene rings is 2. The van der Waals surface area contributed by atoms with E-state index in [-0.39, 0.29) is 0 Å². The maximum absolute atomic E-state index is 10.6. The lowest BCUT2D eigenvalue weighted by Gasteiger charge is -2.17. The van der Waals surface area contributed by atoms with Gasteiger partial charge in [0, 0.05) is 19.0 Å². The molecule has 0 bridgehead atoms. The molecule has 1 atom stereocenters. The molecule has 0 fully saturated rings. The summed E-state index contributed by atoms with van der Waals surface area (Å²) in [5.74, 6) is 0. The third-order valence-corrected chi connectivity index (χ3v) is 5.71. The Morgan fingerprint density at radius 2 is 1.58 bits per heavy atom. The summed E-state index contributed by atoms with van der Waals surface area (Å²) in [6, 6.07) is 9.86. The van der Waals surface area contributed by atoms with Crippen LogP contribution in [0.15, 0.2) is 43.7 Å². The smallest absolute Gasteiger partial charge is 0.106 e. The van der Waals surface area contributed by atoms with Gasteiger partial charge < -0.3 is 5.11 Å². The molecule has 0 aliphatic rings. The Hall–Kier alpha value is -0.160. The van der Waals surface area contributed by atoms with E-state index in [1.165, 1.54) is 0 Å². The first-order chi connectivity index (χ1) is 8.91. The van der Waals surface area contributed by atoms with E-state index in [1.807, 2.05) is 44.2 Å². The fourth-order valence-electron chi connectivity index (χ4n) is 1.92. The molecule has 1 nitrogen and oxygen atoms in total. The third-order valence-electron chi connectivity index (χ3n) is 3.09. The fraction of sp³-hybridized carbons (Fsp3) is 0.200. The molecule has 0 saturated heterocycles. The van der Waals surface area contributed by atoms with Gasteiger partial charge in [0.25, 0.3) is 0 Å². The van der Waals surface area contributed by atoms with E-state index in [0.29, 0.717) is 0 Å². The maximum Gasteiger partial charge on any atom is 0.106 e. The first-order valence-electron chi connectivity index (χ1n) is 5.80. The molecule has 1 N–H and O–H groups in total. The summed E-state index contributed by atoms with van der Waals surface area (Å²) in [5.41, 5.74) is 3.96. The monoisotopic (exact) mass is 446 g/mol. The first-order valence-corrected chi connectivity index (χ1v) is 8.18. The number of aryl methyl sites for hydroxylation is 2. The Labute approximate surface area is 138 Å². The minimum atomic E-state index is -0.666. The summed E-state index contributed by atoms with van der Waals surface area (Å²) in [6.07, 6.45) is -0.666. The van der Waals surface area contributed by atoms with Crippen molar-refractivity contribution >= 4 is 47.8 Å². The highest BCUT2D eigenvalue weighted by atomic mass is 79.9. The van der Waals surface area contributed by atoms with Gasteiger partial charge in [0.1, 0.15) is 6.10 Å². The third kappa shape index (κ3) is 3.13. The van der Waals surface area contributed by atoms with E-state index >= 15 is 0 Å². The molecular formula is C15H13Br3O. The van der Waals surface area contributed by atoms with Gasteiger partial charge in [0.05, 0.1) is 0 Å². The Kier molecular flexibility index (Phi) is 4.88. The van der Waals surface area contributed by atoms with Gasteiger partial charge in [-0.1, -0.05) is 66.0 Å². The summed E-state index contributed by atoms with van der Waals surface area (Å²) in [4.78, 5) is 0. The van der Waals surface area contributed by atoms with Gasteiger partial charge in [-0.15, -0.1) is 0 Å². The molecule has 1 unspecified atom stereocenters. The van der Waals surface area contributed by atoms with E-state index in [2.05, 4.69) is 47.8 Å². The van der Waals surface area contributed by atoms with E-state index in [9.17, 15) is 5.11 Å². The Bertz CT molecular complexity index is 623. The molecule has 0 heterocycles. The number of aliphatic hydroxyl groups excluding tert-OH is 1. The minimum Gasteiger partial charge on any atom is -0.384 e. The normalized spacial score (nSPS) is 12.5. The zero-order valence-electron chi connectivity index (χ0n) is 10.5. The van der Waals surface area contributed by atoms with Gasteiger partial charge >= 0.3 is 0 Å². The van der Waals surface area contributed by atoms with Gasteiger partial charge in [-0.05, 0) is 42.7 Å². The number of hydrogen-bond donors (Lipinski definition) is 1. The molecule has 0 aromatic heterocycles. The van der Waals surface area contributed by atoms with Crippen LogP contribution < -0.4 is 0 Å². The first kappa shape index (κ1) is 15.2. The molecule has 4 heteroatoms.